The highest BCUT2D eigenvalue weighted by atomic mass is 16.2. The number of anilines is 1. The number of aromatic nitrogens is 2. The molecule has 0 bridgehead atoms. The van der Waals surface area contributed by atoms with Crippen LogP contribution in [0.2, 0.25) is 0 Å². The fraction of sp³-hybridized carbons (Fsp3) is 0.190. The van der Waals surface area contributed by atoms with Crippen molar-refractivity contribution in [3.63, 3.8) is 0 Å². The van der Waals surface area contributed by atoms with E-state index >= 15 is 0 Å². The number of H-pyrrole nitrogens is 1. The molecule has 1 saturated heterocycles. The van der Waals surface area contributed by atoms with Crippen LogP contribution in [0.4, 0.5) is 5.69 Å². The molecular weight excluding hydrogens is 340 g/mol. The largest absolute Gasteiger partial charge is 0.368 e. The van der Waals surface area contributed by atoms with Crippen LogP contribution in [0.25, 0.3) is 11.4 Å². The zero-order valence-corrected chi connectivity index (χ0v) is 14.8. The van der Waals surface area contributed by atoms with Gasteiger partial charge in [0.25, 0.3) is 11.5 Å². The first kappa shape index (κ1) is 17.0. The summed E-state index contributed by atoms with van der Waals surface area (Å²) in [5, 5.41) is 0. The Hall–Kier alpha value is -3.41. The van der Waals surface area contributed by atoms with Gasteiger partial charge in [0.15, 0.2) is 0 Å². The fourth-order valence-electron chi connectivity index (χ4n) is 3.27. The van der Waals surface area contributed by atoms with Gasteiger partial charge in [0.1, 0.15) is 11.4 Å². The summed E-state index contributed by atoms with van der Waals surface area (Å²) < 4.78 is 0. The summed E-state index contributed by atoms with van der Waals surface area (Å²) in [7, 11) is 0. The van der Waals surface area contributed by atoms with Gasteiger partial charge in [0.2, 0.25) is 0 Å². The van der Waals surface area contributed by atoms with Gasteiger partial charge < -0.3 is 14.8 Å². The number of hydrogen-bond acceptors (Lipinski definition) is 4. The van der Waals surface area contributed by atoms with E-state index in [1.165, 1.54) is 6.20 Å². The van der Waals surface area contributed by atoms with Crippen molar-refractivity contribution in [3.8, 4) is 11.4 Å². The number of hydrogen-bond donors (Lipinski definition) is 1. The van der Waals surface area contributed by atoms with E-state index in [1.807, 2.05) is 48.5 Å². The Kier molecular flexibility index (Phi) is 4.70. The van der Waals surface area contributed by atoms with Crippen molar-refractivity contribution in [3.05, 3.63) is 82.8 Å². The van der Waals surface area contributed by atoms with E-state index < -0.39 is 5.56 Å². The molecule has 136 valence electrons. The van der Waals surface area contributed by atoms with E-state index in [9.17, 15) is 9.59 Å². The third-order valence-corrected chi connectivity index (χ3v) is 4.77. The maximum Gasteiger partial charge on any atom is 0.264 e. The molecular formula is C21H20N4O2. The van der Waals surface area contributed by atoms with Gasteiger partial charge in [-0.15, -0.1) is 0 Å². The summed E-state index contributed by atoms with van der Waals surface area (Å²) in [6, 6.07) is 19.5. The standard InChI is InChI=1S/C21H20N4O2/c26-20-18(15-22-19(23-20)16-7-3-1-4-8-16)21(27)25-13-11-24(12-14-25)17-9-5-2-6-10-17/h1-10,15H,11-14H2,(H,22,23,26). The molecule has 0 saturated carbocycles. The zero-order chi connectivity index (χ0) is 18.6. The Labute approximate surface area is 157 Å². The molecule has 0 radical (unpaired) electrons. The summed E-state index contributed by atoms with van der Waals surface area (Å²) in [5.41, 5.74) is 1.64. The van der Waals surface area contributed by atoms with Gasteiger partial charge in [-0.3, -0.25) is 9.59 Å². The molecule has 2 aromatic carbocycles. The summed E-state index contributed by atoms with van der Waals surface area (Å²) >= 11 is 0. The van der Waals surface area contributed by atoms with Crippen molar-refractivity contribution in [2.45, 2.75) is 0 Å². The van der Waals surface area contributed by atoms with Gasteiger partial charge in [-0.2, -0.15) is 0 Å². The molecule has 0 aliphatic carbocycles. The molecule has 6 heteroatoms. The monoisotopic (exact) mass is 360 g/mol. The van der Waals surface area contributed by atoms with E-state index in [1.54, 1.807) is 4.90 Å². The molecule has 0 unspecified atom stereocenters. The minimum absolute atomic E-state index is 0.0860. The van der Waals surface area contributed by atoms with Crippen LogP contribution in [-0.4, -0.2) is 47.0 Å². The van der Waals surface area contributed by atoms with Crippen LogP contribution in [0.1, 0.15) is 10.4 Å². The van der Waals surface area contributed by atoms with Crippen molar-refractivity contribution in [1.82, 2.24) is 14.9 Å². The van der Waals surface area contributed by atoms with Crippen LogP contribution in [0.15, 0.2) is 71.7 Å². The molecule has 1 aromatic heterocycles. The number of piperazine rings is 1. The summed E-state index contributed by atoms with van der Waals surface area (Å²) in [5.74, 6) is 0.196. The first-order valence-electron chi connectivity index (χ1n) is 8.96. The lowest BCUT2D eigenvalue weighted by Gasteiger charge is -2.36. The number of nitrogens with zero attached hydrogens (tertiary/aromatic N) is 3. The summed E-state index contributed by atoms with van der Waals surface area (Å²) in [6.07, 6.45) is 1.38. The SMILES string of the molecule is O=C(c1cnc(-c2ccccc2)[nH]c1=O)N1CCN(c2ccccc2)CC1. The molecule has 0 atom stereocenters. The Morgan fingerprint density at radius 3 is 2.15 bits per heavy atom. The number of rotatable bonds is 3. The normalized spacial score (nSPS) is 14.2. The maximum absolute atomic E-state index is 12.8. The average molecular weight is 360 g/mol. The predicted octanol–water partition coefficient (Wildman–Crippen LogP) is 2.40. The highest BCUT2D eigenvalue weighted by Crippen LogP contribution is 2.17. The summed E-state index contributed by atoms with van der Waals surface area (Å²) in [4.78, 5) is 36.1. The van der Waals surface area contributed by atoms with E-state index in [4.69, 9.17) is 0 Å². The second kappa shape index (κ2) is 7.45. The van der Waals surface area contributed by atoms with Gasteiger partial charge in [-0.25, -0.2) is 4.98 Å². The van der Waals surface area contributed by atoms with Crippen molar-refractivity contribution in [2.24, 2.45) is 0 Å². The highest BCUT2D eigenvalue weighted by Gasteiger charge is 2.24. The summed E-state index contributed by atoms with van der Waals surface area (Å²) in [6.45, 7) is 2.63. The Bertz CT molecular complexity index is 978. The molecule has 1 amide bonds. The second-order valence-corrected chi connectivity index (χ2v) is 6.46. The number of nitrogens with one attached hydrogen (secondary N) is 1. The first-order chi connectivity index (χ1) is 13.2. The Morgan fingerprint density at radius 2 is 1.52 bits per heavy atom. The van der Waals surface area contributed by atoms with E-state index in [0.717, 1.165) is 24.3 Å². The lowest BCUT2D eigenvalue weighted by atomic mass is 10.2. The Morgan fingerprint density at radius 1 is 0.889 bits per heavy atom. The molecule has 6 nitrogen and oxygen atoms in total. The highest BCUT2D eigenvalue weighted by molar-refractivity contribution is 5.93. The van der Waals surface area contributed by atoms with E-state index in [0.29, 0.717) is 18.9 Å². The molecule has 1 N–H and O–H groups in total. The van der Waals surface area contributed by atoms with Crippen LogP contribution in [0.3, 0.4) is 0 Å². The van der Waals surface area contributed by atoms with Crippen LogP contribution in [-0.2, 0) is 0 Å². The molecule has 3 aromatic rings. The molecule has 1 aliphatic rings. The minimum Gasteiger partial charge on any atom is -0.368 e. The molecule has 0 spiro atoms. The van der Waals surface area contributed by atoms with Crippen molar-refractivity contribution >= 4 is 11.6 Å². The van der Waals surface area contributed by atoms with Crippen molar-refractivity contribution in [2.75, 3.05) is 31.1 Å². The fourth-order valence-corrected chi connectivity index (χ4v) is 3.27. The van der Waals surface area contributed by atoms with Crippen molar-refractivity contribution < 1.29 is 4.79 Å². The number of aromatic amines is 1. The topological polar surface area (TPSA) is 69.3 Å². The van der Waals surface area contributed by atoms with E-state index in [-0.39, 0.29) is 11.5 Å². The van der Waals surface area contributed by atoms with Crippen LogP contribution in [0, 0.1) is 0 Å². The van der Waals surface area contributed by atoms with Crippen LogP contribution < -0.4 is 10.5 Å². The van der Waals surface area contributed by atoms with Crippen LogP contribution in [0.5, 0.6) is 0 Å². The lowest BCUT2D eigenvalue weighted by Crippen LogP contribution is -2.49. The number of para-hydroxylation sites is 1. The molecule has 1 fully saturated rings. The molecule has 1 aliphatic heterocycles. The number of carbonyl (C=O) groups excluding carboxylic acids is 1. The van der Waals surface area contributed by atoms with Gasteiger partial charge in [-0.1, -0.05) is 48.5 Å². The third kappa shape index (κ3) is 3.60. The van der Waals surface area contributed by atoms with Crippen molar-refractivity contribution in [1.29, 1.82) is 0 Å². The smallest absolute Gasteiger partial charge is 0.264 e. The second-order valence-electron chi connectivity index (χ2n) is 6.46. The van der Waals surface area contributed by atoms with Gasteiger partial charge >= 0.3 is 0 Å². The van der Waals surface area contributed by atoms with Gasteiger partial charge in [-0.05, 0) is 12.1 Å². The minimum atomic E-state index is -0.403. The quantitative estimate of drug-likeness (QED) is 0.779. The van der Waals surface area contributed by atoms with E-state index in [2.05, 4.69) is 27.0 Å². The van der Waals surface area contributed by atoms with Crippen LogP contribution >= 0.6 is 0 Å². The van der Waals surface area contributed by atoms with Gasteiger partial charge in [0, 0.05) is 43.6 Å². The number of amides is 1. The van der Waals surface area contributed by atoms with Gasteiger partial charge in [0.05, 0.1) is 0 Å². The number of benzene rings is 2. The maximum atomic E-state index is 12.8. The Balaban J connectivity index is 1.47. The lowest BCUT2D eigenvalue weighted by molar-refractivity contribution is 0.0744. The number of carbonyl (C=O) groups is 1. The molecule has 27 heavy (non-hydrogen) atoms. The zero-order valence-electron chi connectivity index (χ0n) is 14.8. The third-order valence-electron chi connectivity index (χ3n) is 4.77. The first-order valence-corrected chi connectivity index (χ1v) is 8.96. The molecule has 2 heterocycles. The predicted molar refractivity (Wildman–Crippen MR) is 105 cm³/mol. The average Bonchev–Trinajstić information content (AvgIpc) is 2.74. The molecule has 4 rings (SSSR count).